The summed E-state index contributed by atoms with van der Waals surface area (Å²) >= 11 is 0. The first-order valence-corrected chi connectivity index (χ1v) is 25.7. The number of carboxylic acid groups (broad SMARTS) is 1. The smallest absolute Gasteiger partial charge is 0.328 e. The second kappa shape index (κ2) is 46.8. The SMILES string of the molecule is CCCCCCC/C=C\C/C=C\CCCCCCCCCCCC(=O)OC(CCCCCCCCCCCCCC)CCCCCCCC(=O)NCC(=O)NC(CO)C(=O)O. The van der Waals surface area contributed by atoms with Crippen LogP contribution in [0.15, 0.2) is 24.3 Å². The van der Waals surface area contributed by atoms with Crippen LogP contribution in [0.25, 0.3) is 0 Å². The molecule has 2 amide bonds. The summed E-state index contributed by atoms with van der Waals surface area (Å²) in [5.41, 5.74) is 0. The van der Waals surface area contributed by atoms with Crippen molar-refractivity contribution < 1.29 is 34.1 Å². The van der Waals surface area contributed by atoms with Gasteiger partial charge in [-0.15, -0.1) is 0 Å². The number of ether oxygens (including phenoxy) is 1. The molecular formula is C52H96N2O7. The molecule has 9 heteroatoms. The molecule has 0 saturated carbocycles. The van der Waals surface area contributed by atoms with Gasteiger partial charge in [-0.25, -0.2) is 4.79 Å². The summed E-state index contributed by atoms with van der Waals surface area (Å²) < 4.78 is 6.06. The Kier molecular flexibility index (Phi) is 44.8. The van der Waals surface area contributed by atoms with Gasteiger partial charge in [0.25, 0.3) is 0 Å². The lowest BCUT2D eigenvalue weighted by Gasteiger charge is -2.18. The Bertz CT molecular complexity index is 1080. The lowest BCUT2D eigenvalue weighted by Crippen LogP contribution is -2.47. The van der Waals surface area contributed by atoms with Crippen LogP contribution in [-0.4, -0.2) is 59.3 Å². The molecular weight excluding hydrogens is 765 g/mol. The highest BCUT2D eigenvalue weighted by Gasteiger charge is 2.19. The van der Waals surface area contributed by atoms with Gasteiger partial charge in [-0.1, -0.05) is 199 Å². The maximum atomic E-state index is 12.9. The van der Waals surface area contributed by atoms with E-state index in [4.69, 9.17) is 14.9 Å². The summed E-state index contributed by atoms with van der Waals surface area (Å²) in [6.07, 6.45) is 53.5. The molecule has 0 radical (unpaired) electrons. The van der Waals surface area contributed by atoms with Crippen LogP contribution in [0.2, 0.25) is 0 Å². The summed E-state index contributed by atoms with van der Waals surface area (Å²) in [6, 6.07) is -1.38. The molecule has 0 heterocycles. The van der Waals surface area contributed by atoms with Crippen LogP contribution >= 0.6 is 0 Å². The molecule has 0 aliphatic carbocycles. The number of rotatable bonds is 47. The number of aliphatic hydroxyl groups excluding tert-OH is 1. The van der Waals surface area contributed by atoms with Crippen molar-refractivity contribution in [2.75, 3.05) is 13.2 Å². The van der Waals surface area contributed by atoms with Crippen molar-refractivity contribution in [2.24, 2.45) is 0 Å². The van der Waals surface area contributed by atoms with Gasteiger partial charge in [-0.3, -0.25) is 14.4 Å². The van der Waals surface area contributed by atoms with Gasteiger partial charge < -0.3 is 25.6 Å². The Morgan fingerprint density at radius 3 is 1.31 bits per heavy atom. The maximum absolute atomic E-state index is 12.9. The van der Waals surface area contributed by atoms with Crippen LogP contribution in [0, 0.1) is 0 Å². The minimum absolute atomic E-state index is 0.0127. The van der Waals surface area contributed by atoms with Crippen LogP contribution in [-0.2, 0) is 23.9 Å². The molecule has 0 bridgehead atoms. The minimum Gasteiger partial charge on any atom is -0.480 e. The number of amides is 2. The summed E-state index contributed by atoms with van der Waals surface area (Å²) in [5.74, 6) is -2.28. The molecule has 0 aromatic rings. The Labute approximate surface area is 374 Å². The van der Waals surface area contributed by atoms with E-state index in [1.54, 1.807) is 0 Å². The zero-order valence-corrected chi connectivity index (χ0v) is 39.7. The van der Waals surface area contributed by atoms with Gasteiger partial charge >= 0.3 is 11.9 Å². The van der Waals surface area contributed by atoms with E-state index in [0.29, 0.717) is 19.3 Å². The van der Waals surface area contributed by atoms with Gasteiger partial charge in [0.1, 0.15) is 12.1 Å². The van der Waals surface area contributed by atoms with E-state index in [1.165, 1.54) is 161 Å². The van der Waals surface area contributed by atoms with Crippen molar-refractivity contribution in [1.29, 1.82) is 0 Å². The highest BCUT2D eigenvalue weighted by atomic mass is 16.5. The predicted molar refractivity (Wildman–Crippen MR) is 255 cm³/mol. The van der Waals surface area contributed by atoms with E-state index >= 15 is 0 Å². The van der Waals surface area contributed by atoms with E-state index in [9.17, 15) is 19.2 Å². The number of carbonyl (C=O) groups excluding carboxylic acids is 3. The van der Waals surface area contributed by atoms with Crippen molar-refractivity contribution in [2.45, 2.75) is 270 Å². The molecule has 61 heavy (non-hydrogen) atoms. The average molecular weight is 861 g/mol. The number of aliphatic hydroxyl groups is 1. The van der Waals surface area contributed by atoms with Gasteiger partial charge in [-0.05, 0) is 70.6 Å². The Morgan fingerprint density at radius 2 is 0.885 bits per heavy atom. The van der Waals surface area contributed by atoms with Crippen molar-refractivity contribution in [3.05, 3.63) is 24.3 Å². The Balaban J connectivity index is 4.22. The third kappa shape index (κ3) is 43.8. The van der Waals surface area contributed by atoms with Crippen molar-refractivity contribution in [3.8, 4) is 0 Å². The van der Waals surface area contributed by atoms with Crippen molar-refractivity contribution in [1.82, 2.24) is 10.6 Å². The number of hydrogen-bond acceptors (Lipinski definition) is 6. The summed E-state index contributed by atoms with van der Waals surface area (Å²) in [6.45, 7) is 3.50. The van der Waals surface area contributed by atoms with Crippen LogP contribution in [0.1, 0.15) is 258 Å². The van der Waals surface area contributed by atoms with Gasteiger partial charge in [0, 0.05) is 12.8 Å². The number of nitrogens with one attached hydrogen (secondary N) is 2. The average Bonchev–Trinajstić information content (AvgIpc) is 3.25. The summed E-state index contributed by atoms with van der Waals surface area (Å²) in [5, 5.41) is 22.6. The van der Waals surface area contributed by atoms with E-state index in [1.807, 2.05) is 0 Å². The van der Waals surface area contributed by atoms with Gasteiger partial charge in [-0.2, -0.15) is 0 Å². The number of allylic oxidation sites excluding steroid dienone is 4. The molecule has 0 aliphatic rings. The molecule has 9 nitrogen and oxygen atoms in total. The third-order valence-corrected chi connectivity index (χ3v) is 11.7. The second-order valence-electron chi connectivity index (χ2n) is 17.6. The van der Waals surface area contributed by atoms with Gasteiger partial charge in [0.15, 0.2) is 0 Å². The predicted octanol–water partition coefficient (Wildman–Crippen LogP) is 13.6. The minimum atomic E-state index is -1.38. The van der Waals surface area contributed by atoms with Gasteiger partial charge in [0.05, 0.1) is 13.2 Å². The normalized spacial score (nSPS) is 12.6. The van der Waals surface area contributed by atoms with E-state index in [-0.39, 0.29) is 24.5 Å². The number of unbranched alkanes of at least 4 members (excludes halogenated alkanes) is 29. The van der Waals surface area contributed by atoms with Crippen LogP contribution in [0.5, 0.6) is 0 Å². The molecule has 0 rings (SSSR count). The molecule has 4 N–H and O–H groups in total. The maximum Gasteiger partial charge on any atom is 0.328 e. The Morgan fingerprint density at radius 1 is 0.492 bits per heavy atom. The zero-order valence-electron chi connectivity index (χ0n) is 39.7. The van der Waals surface area contributed by atoms with E-state index in [2.05, 4.69) is 48.8 Å². The second-order valence-corrected chi connectivity index (χ2v) is 17.6. The monoisotopic (exact) mass is 861 g/mol. The van der Waals surface area contributed by atoms with Crippen LogP contribution in [0.4, 0.5) is 0 Å². The van der Waals surface area contributed by atoms with Gasteiger partial charge in [0.2, 0.25) is 11.8 Å². The highest BCUT2D eigenvalue weighted by molar-refractivity contribution is 5.87. The highest BCUT2D eigenvalue weighted by Crippen LogP contribution is 2.19. The van der Waals surface area contributed by atoms with Crippen LogP contribution in [0.3, 0.4) is 0 Å². The largest absolute Gasteiger partial charge is 0.480 e. The Hall–Kier alpha value is -2.68. The molecule has 0 aromatic carbocycles. The standard InChI is InChI=1S/C52H96N2O7/c1-3-5-7-9-11-13-15-17-18-19-20-21-22-23-24-25-27-29-31-36-40-44-51(58)61-47(41-37-33-30-28-26-16-14-12-10-8-6-4-2)42-38-34-32-35-39-43-49(56)53-45-50(57)54-48(46-55)52(59)60/h15,17,19-20,47-48,55H,3-14,16,18,21-46H2,1-2H3,(H,53,56)(H,54,57)(H,59,60)/b17-15-,20-19-. The zero-order chi connectivity index (χ0) is 44.7. The molecule has 2 unspecified atom stereocenters. The fourth-order valence-electron chi connectivity index (χ4n) is 7.75. The fraction of sp³-hybridized carbons (Fsp3) is 0.846. The van der Waals surface area contributed by atoms with E-state index < -0.39 is 24.5 Å². The number of aliphatic carboxylic acids is 1. The molecule has 0 aromatic heterocycles. The first-order chi connectivity index (χ1) is 29.8. The number of esters is 1. The molecule has 0 aliphatic heterocycles. The van der Waals surface area contributed by atoms with Crippen LogP contribution < -0.4 is 10.6 Å². The molecule has 0 saturated heterocycles. The first-order valence-electron chi connectivity index (χ1n) is 25.7. The lowest BCUT2D eigenvalue weighted by molar-refractivity contribution is -0.150. The fourth-order valence-corrected chi connectivity index (χ4v) is 7.75. The quantitative estimate of drug-likeness (QED) is 0.0271. The molecule has 356 valence electrons. The first kappa shape index (κ1) is 58.3. The molecule has 0 fully saturated rings. The van der Waals surface area contributed by atoms with Crippen molar-refractivity contribution in [3.63, 3.8) is 0 Å². The number of carboxylic acids is 1. The van der Waals surface area contributed by atoms with Crippen molar-refractivity contribution >= 4 is 23.8 Å². The molecule has 2 atom stereocenters. The lowest BCUT2D eigenvalue weighted by atomic mass is 10.0. The molecule has 0 spiro atoms. The summed E-state index contributed by atoms with van der Waals surface area (Å²) in [7, 11) is 0. The number of carbonyl (C=O) groups is 4. The topological polar surface area (TPSA) is 142 Å². The summed E-state index contributed by atoms with van der Waals surface area (Å²) in [4.78, 5) is 47.8. The third-order valence-electron chi connectivity index (χ3n) is 11.7. The number of hydrogen-bond donors (Lipinski definition) is 4. The van der Waals surface area contributed by atoms with E-state index in [0.717, 1.165) is 64.2 Å².